The molecule has 2 atom stereocenters. The lowest BCUT2D eigenvalue weighted by atomic mass is 9.99. The zero-order valence-corrected chi connectivity index (χ0v) is 22.4. The van der Waals surface area contributed by atoms with Crippen LogP contribution < -0.4 is 25.4 Å². The van der Waals surface area contributed by atoms with Gasteiger partial charge in [-0.25, -0.2) is 8.93 Å². The third kappa shape index (κ3) is 6.08. The van der Waals surface area contributed by atoms with E-state index in [9.17, 15) is 4.21 Å². The summed E-state index contributed by atoms with van der Waals surface area (Å²) in [5.74, 6) is 0.800. The lowest BCUT2D eigenvalue weighted by molar-refractivity contribution is 0.414. The largest absolute Gasteiger partial charge is 0.497 e. The summed E-state index contributed by atoms with van der Waals surface area (Å²) >= 11 is 0. The summed E-state index contributed by atoms with van der Waals surface area (Å²) in [6.07, 6.45) is 0. The van der Waals surface area contributed by atoms with Crippen molar-refractivity contribution in [2.75, 3.05) is 7.11 Å². The van der Waals surface area contributed by atoms with Gasteiger partial charge in [-0.15, -0.1) is 0 Å². The van der Waals surface area contributed by atoms with Crippen LogP contribution in [0.1, 0.15) is 37.9 Å². The fourth-order valence-electron chi connectivity index (χ4n) is 3.91. The quantitative estimate of drug-likeness (QED) is 0.320. The number of rotatable bonds is 8. The Kier molecular flexibility index (Phi) is 8.18. The van der Waals surface area contributed by atoms with Crippen LogP contribution in [0.5, 0.6) is 5.75 Å². The van der Waals surface area contributed by atoms with Gasteiger partial charge in [-0.05, 0) is 67.9 Å². The van der Waals surface area contributed by atoms with Crippen LogP contribution in [0, 0.1) is 0 Å². The molecule has 3 nitrogen and oxygen atoms in total. The smallest absolute Gasteiger partial charge is 0.118 e. The topological polar surface area (TPSA) is 38.3 Å². The number of benzene rings is 4. The Bertz CT molecular complexity index is 1220. The van der Waals surface area contributed by atoms with Gasteiger partial charge < -0.3 is 4.74 Å². The molecular formula is C30H32NO2PS. The van der Waals surface area contributed by atoms with E-state index in [1.165, 1.54) is 15.9 Å². The summed E-state index contributed by atoms with van der Waals surface area (Å²) in [5.41, 5.74) is 2.18. The second-order valence-electron chi connectivity index (χ2n) is 9.27. The molecule has 0 aromatic heterocycles. The van der Waals surface area contributed by atoms with Gasteiger partial charge in [0.2, 0.25) is 0 Å². The van der Waals surface area contributed by atoms with Crippen molar-refractivity contribution in [2.45, 2.75) is 31.6 Å². The van der Waals surface area contributed by atoms with Crippen LogP contribution >= 0.6 is 7.92 Å². The van der Waals surface area contributed by atoms with Crippen LogP contribution in [0.4, 0.5) is 0 Å². The first-order valence-electron chi connectivity index (χ1n) is 11.7. The lowest BCUT2D eigenvalue weighted by Crippen LogP contribution is -2.38. The minimum atomic E-state index is -1.26. The Balaban J connectivity index is 1.89. The molecule has 0 aliphatic heterocycles. The van der Waals surface area contributed by atoms with Crippen LogP contribution in [0.25, 0.3) is 0 Å². The van der Waals surface area contributed by atoms with Crippen LogP contribution in [0.3, 0.4) is 0 Å². The second kappa shape index (κ2) is 11.3. The van der Waals surface area contributed by atoms with E-state index in [2.05, 4.69) is 102 Å². The van der Waals surface area contributed by atoms with Gasteiger partial charge in [0.25, 0.3) is 0 Å². The maximum Gasteiger partial charge on any atom is 0.118 e. The predicted molar refractivity (Wildman–Crippen MR) is 151 cm³/mol. The average molecular weight is 502 g/mol. The van der Waals surface area contributed by atoms with Crippen molar-refractivity contribution >= 4 is 34.8 Å². The third-order valence-electron chi connectivity index (χ3n) is 5.75. The second-order valence-corrected chi connectivity index (χ2v) is 13.5. The van der Waals surface area contributed by atoms with E-state index < -0.39 is 23.7 Å². The first kappa shape index (κ1) is 25.3. The van der Waals surface area contributed by atoms with Crippen molar-refractivity contribution < 1.29 is 8.95 Å². The first-order valence-corrected chi connectivity index (χ1v) is 14.2. The standard InChI is InChI=1S/C30H32NO2PS/c1-30(2,3)35(32)31-29(23-19-21-24(33-4)22-20-23)27-17-11-12-18-28(27)34(25-13-7-5-8-14-25)26-15-9-6-10-16-26/h5-22,29,31H,1-4H3/t29-,35+/m0/s1. The van der Waals surface area contributed by atoms with Crippen molar-refractivity contribution in [2.24, 2.45) is 0 Å². The van der Waals surface area contributed by atoms with Crippen LogP contribution in [0.15, 0.2) is 109 Å². The van der Waals surface area contributed by atoms with E-state index in [4.69, 9.17) is 4.74 Å². The van der Waals surface area contributed by atoms with Gasteiger partial charge in [0.05, 0.1) is 28.9 Å². The highest BCUT2D eigenvalue weighted by Crippen LogP contribution is 2.37. The van der Waals surface area contributed by atoms with Crippen LogP contribution in [-0.2, 0) is 11.0 Å². The van der Waals surface area contributed by atoms with Gasteiger partial charge >= 0.3 is 0 Å². The predicted octanol–water partition coefficient (Wildman–Crippen LogP) is 5.59. The molecular weight excluding hydrogens is 469 g/mol. The van der Waals surface area contributed by atoms with Crippen molar-refractivity contribution in [3.05, 3.63) is 120 Å². The van der Waals surface area contributed by atoms with Gasteiger partial charge in [-0.3, -0.25) is 0 Å². The maximum atomic E-state index is 13.3. The van der Waals surface area contributed by atoms with Gasteiger partial charge in [-0.2, -0.15) is 0 Å². The first-order chi connectivity index (χ1) is 16.9. The molecule has 5 heteroatoms. The van der Waals surface area contributed by atoms with Crippen molar-refractivity contribution in [1.82, 2.24) is 4.72 Å². The molecule has 0 saturated heterocycles. The molecule has 35 heavy (non-hydrogen) atoms. The van der Waals surface area contributed by atoms with Crippen molar-refractivity contribution in [3.63, 3.8) is 0 Å². The number of ether oxygens (including phenoxy) is 1. The van der Waals surface area contributed by atoms with Crippen LogP contribution in [0.2, 0.25) is 0 Å². The Hall–Kier alpha value is -2.78. The Morgan fingerprint density at radius 3 is 1.77 bits per heavy atom. The van der Waals surface area contributed by atoms with Crippen molar-refractivity contribution in [1.29, 1.82) is 0 Å². The normalized spacial score (nSPS) is 13.4. The van der Waals surface area contributed by atoms with E-state index in [-0.39, 0.29) is 6.04 Å². The van der Waals surface area contributed by atoms with E-state index in [0.29, 0.717) is 0 Å². The average Bonchev–Trinajstić information content (AvgIpc) is 2.88. The monoisotopic (exact) mass is 501 g/mol. The summed E-state index contributed by atoms with van der Waals surface area (Å²) in [6.45, 7) is 5.98. The molecule has 4 rings (SSSR count). The van der Waals surface area contributed by atoms with Crippen molar-refractivity contribution in [3.8, 4) is 5.75 Å². The zero-order chi connectivity index (χ0) is 24.8. The number of hydrogen-bond acceptors (Lipinski definition) is 2. The number of hydrogen-bond donors (Lipinski definition) is 1. The van der Waals surface area contributed by atoms with E-state index in [0.717, 1.165) is 16.9 Å². The molecule has 0 bridgehead atoms. The lowest BCUT2D eigenvalue weighted by Gasteiger charge is -2.29. The van der Waals surface area contributed by atoms with Gasteiger partial charge in [0.1, 0.15) is 5.75 Å². The fraction of sp³-hybridized carbons (Fsp3) is 0.200. The molecule has 0 heterocycles. The SMILES string of the molecule is COc1ccc([C@H](N[S@](=O)C(C)(C)C)c2ccccc2P(c2ccccc2)c2ccccc2)cc1. The molecule has 0 aliphatic carbocycles. The molecule has 4 aromatic rings. The Morgan fingerprint density at radius 1 is 0.743 bits per heavy atom. The minimum Gasteiger partial charge on any atom is -0.497 e. The molecule has 180 valence electrons. The summed E-state index contributed by atoms with van der Waals surface area (Å²) in [5, 5.41) is 3.82. The van der Waals surface area contributed by atoms with Gasteiger partial charge in [-0.1, -0.05) is 97.1 Å². The van der Waals surface area contributed by atoms with Crippen LogP contribution in [-0.4, -0.2) is 16.1 Å². The molecule has 4 aromatic carbocycles. The molecule has 0 amide bonds. The molecule has 0 spiro atoms. The third-order valence-corrected chi connectivity index (χ3v) is 9.83. The maximum absolute atomic E-state index is 13.3. The number of nitrogens with one attached hydrogen (secondary N) is 1. The van der Waals surface area contributed by atoms with E-state index in [1.807, 2.05) is 32.9 Å². The Labute approximate surface area is 212 Å². The van der Waals surface area contributed by atoms with E-state index in [1.54, 1.807) is 7.11 Å². The van der Waals surface area contributed by atoms with Gasteiger partial charge in [0, 0.05) is 0 Å². The summed E-state index contributed by atoms with van der Waals surface area (Å²) < 4.78 is 21.8. The summed E-state index contributed by atoms with van der Waals surface area (Å²) in [4.78, 5) is 0. The highest BCUT2D eigenvalue weighted by Gasteiger charge is 2.28. The zero-order valence-electron chi connectivity index (χ0n) is 20.6. The molecule has 0 radical (unpaired) electrons. The molecule has 0 unspecified atom stereocenters. The number of methoxy groups -OCH3 is 1. The highest BCUT2D eigenvalue weighted by atomic mass is 32.2. The fourth-order valence-corrected chi connectivity index (χ4v) is 7.23. The highest BCUT2D eigenvalue weighted by molar-refractivity contribution is 7.84. The molecule has 0 aliphatic rings. The summed E-state index contributed by atoms with van der Waals surface area (Å²) in [7, 11) is -0.407. The molecule has 0 fully saturated rings. The summed E-state index contributed by atoms with van der Waals surface area (Å²) in [6, 6.07) is 37.7. The van der Waals surface area contributed by atoms with Gasteiger partial charge in [0.15, 0.2) is 0 Å². The minimum absolute atomic E-state index is 0.241. The molecule has 1 N–H and O–H groups in total. The Morgan fingerprint density at radius 2 is 1.26 bits per heavy atom. The molecule has 0 saturated carbocycles. The van der Waals surface area contributed by atoms with E-state index >= 15 is 0 Å².